The van der Waals surface area contributed by atoms with E-state index in [0.29, 0.717) is 12.2 Å². The first-order valence-electron chi connectivity index (χ1n) is 6.42. The second-order valence-corrected chi connectivity index (χ2v) is 5.58. The zero-order valence-corrected chi connectivity index (χ0v) is 12.6. The topological polar surface area (TPSA) is 50.4 Å². The van der Waals surface area contributed by atoms with Gasteiger partial charge in [0.15, 0.2) is 0 Å². The monoisotopic (exact) mass is 366 g/mol. The molecule has 0 unspecified atom stereocenters. The van der Waals surface area contributed by atoms with Gasteiger partial charge in [-0.15, -0.1) is 13.2 Å². The summed E-state index contributed by atoms with van der Waals surface area (Å²) < 4.78 is 40.4. The van der Waals surface area contributed by atoms with E-state index in [2.05, 4.69) is 31.3 Å². The number of hydrogen-bond acceptors (Lipinski definition) is 3. The molecule has 1 amide bonds. The van der Waals surface area contributed by atoms with E-state index < -0.39 is 6.36 Å². The van der Waals surface area contributed by atoms with Gasteiger partial charge in [0.25, 0.3) is 0 Å². The molecule has 2 N–H and O–H groups in total. The van der Waals surface area contributed by atoms with Crippen molar-refractivity contribution in [3.63, 3.8) is 0 Å². The third-order valence-electron chi connectivity index (χ3n) is 3.09. The van der Waals surface area contributed by atoms with Crippen LogP contribution in [0.3, 0.4) is 0 Å². The highest BCUT2D eigenvalue weighted by molar-refractivity contribution is 9.10. The summed E-state index contributed by atoms with van der Waals surface area (Å²) in [6, 6.07) is 3.92. The molecule has 4 nitrogen and oxygen atoms in total. The van der Waals surface area contributed by atoms with Crippen LogP contribution in [0.2, 0.25) is 0 Å². The molecular formula is C13H14BrF3N2O2. The minimum atomic E-state index is -4.75. The smallest absolute Gasteiger partial charge is 0.405 e. The maximum Gasteiger partial charge on any atom is 0.573 e. The summed E-state index contributed by atoms with van der Waals surface area (Å²) in [6.45, 7) is 1.51. The fourth-order valence-corrected chi connectivity index (χ4v) is 2.57. The van der Waals surface area contributed by atoms with Crippen LogP contribution in [0.4, 0.5) is 18.9 Å². The molecule has 1 atom stereocenters. The molecule has 116 valence electrons. The Morgan fingerprint density at radius 2 is 2.19 bits per heavy atom. The van der Waals surface area contributed by atoms with Crippen LogP contribution in [0.1, 0.15) is 12.8 Å². The first-order chi connectivity index (χ1) is 9.85. The van der Waals surface area contributed by atoms with Crippen molar-refractivity contribution in [3.8, 4) is 5.75 Å². The van der Waals surface area contributed by atoms with Gasteiger partial charge in [0.05, 0.1) is 10.4 Å². The normalized spacial score (nSPS) is 19.1. The van der Waals surface area contributed by atoms with Gasteiger partial charge in [-0.1, -0.05) is 0 Å². The molecule has 1 aliphatic heterocycles. The van der Waals surface area contributed by atoms with Crippen LogP contribution in [-0.4, -0.2) is 25.4 Å². The molecule has 0 bridgehead atoms. The average Bonchev–Trinajstić information content (AvgIpc) is 2.41. The van der Waals surface area contributed by atoms with E-state index in [-0.39, 0.29) is 22.0 Å². The molecule has 0 spiro atoms. The van der Waals surface area contributed by atoms with Crippen molar-refractivity contribution in [2.24, 2.45) is 5.92 Å². The van der Waals surface area contributed by atoms with E-state index in [9.17, 15) is 18.0 Å². The van der Waals surface area contributed by atoms with E-state index in [1.54, 1.807) is 0 Å². The lowest BCUT2D eigenvalue weighted by Crippen LogP contribution is -2.37. The van der Waals surface area contributed by atoms with Gasteiger partial charge in [0, 0.05) is 12.2 Å². The number of anilines is 1. The van der Waals surface area contributed by atoms with Gasteiger partial charge in [0.2, 0.25) is 5.91 Å². The lowest BCUT2D eigenvalue weighted by molar-refractivity contribution is -0.274. The lowest BCUT2D eigenvalue weighted by Gasteiger charge is -2.22. The van der Waals surface area contributed by atoms with E-state index in [1.165, 1.54) is 12.1 Å². The maximum atomic E-state index is 12.2. The number of ether oxygens (including phenoxy) is 1. The first kappa shape index (κ1) is 16.1. The molecular weight excluding hydrogens is 353 g/mol. The SMILES string of the molecule is O=C(Nc1ccc(OC(F)(F)F)c(Br)c1)[C@@H]1CCCNC1. The first-order valence-corrected chi connectivity index (χ1v) is 7.21. The number of carbonyl (C=O) groups excluding carboxylic acids is 1. The predicted octanol–water partition coefficient (Wildman–Crippen LogP) is 3.29. The predicted molar refractivity (Wildman–Crippen MR) is 75.0 cm³/mol. The van der Waals surface area contributed by atoms with Gasteiger partial charge in [-0.05, 0) is 53.5 Å². The van der Waals surface area contributed by atoms with Crippen LogP contribution in [0.5, 0.6) is 5.75 Å². The molecule has 0 aliphatic carbocycles. The van der Waals surface area contributed by atoms with Gasteiger partial charge in [-0.2, -0.15) is 0 Å². The van der Waals surface area contributed by atoms with Gasteiger partial charge in [0.1, 0.15) is 5.75 Å². The van der Waals surface area contributed by atoms with E-state index >= 15 is 0 Å². The summed E-state index contributed by atoms with van der Waals surface area (Å²) in [5.41, 5.74) is 0.423. The van der Waals surface area contributed by atoms with E-state index in [4.69, 9.17) is 0 Å². The molecule has 1 aromatic rings. The van der Waals surface area contributed by atoms with Gasteiger partial charge >= 0.3 is 6.36 Å². The average molecular weight is 367 g/mol. The van der Waals surface area contributed by atoms with Crippen molar-refractivity contribution in [2.45, 2.75) is 19.2 Å². The highest BCUT2D eigenvalue weighted by Gasteiger charge is 2.32. The molecule has 0 aromatic heterocycles. The highest BCUT2D eigenvalue weighted by atomic mass is 79.9. The fraction of sp³-hybridized carbons (Fsp3) is 0.462. The molecule has 1 saturated heterocycles. The van der Waals surface area contributed by atoms with Gasteiger partial charge in [-0.25, -0.2) is 0 Å². The Balaban J connectivity index is 2.01. The molecule has 8 heteroatoms. The molecule has 2 rings (SSSR count). The Labute approximate surface area is 128 Å². The van der Waals surface area contributed by atoms with Gasteiger partial charge < -0.3 is 15.4 Å². The fourth-order valence-electron chi connectivity index (χ4n) is 2.11. The number of alkyl halides is 3. The van der Waals surface area contributed by atoms with E-state index in [0.717, 1.165) is 25.5 Å². The Morgan fingerprint density at radius 1 is 1.43 bits per heavy atom. The van der Waals surface area contributed by atoms with Crippen molar-refractivity contribution in [2.75, 3.05) is 18.4 Å². The largest absolute Gasteiger partial charge is 0.573 e. The minimum absolute atomic E-state index is 0.122. The molecule has 0 radical (unpaired) electrons. The van der Waals surface area contributed by atoms with Crippen molar-refractivity contribution in [1.82, 2.24) is 5.32 Å². The zero-order valence-electron chi connectivity index (χ0n) is 11.0. The highest BCUT2D eigenvalue weighted by Crippen LogP contribution is 2.32. The zero-order chi connectivity index (χ0) is 15.5. The Hall–Kier alpha value is -1.28. The molecule has 1 aromatic carbocycles. The molecule has 1 fully saturated rings. The summed E-state index contributed by atoms with van der Waals surface area (Å²) in [4.78, 5) is 12.0. The third kappa shape index (κ3) is 4.89. The number of carbonyl (C=O) groups is 1. The minimum Gasteiger partial charge on any atom is -0.405 e. The summed E-state index contributed by atoms with van der Waals surface area (Å²) >= 11 is 3.00. The van der Waals surface area contributed by atoms with E-state index in [1.807, 2.05) is 0 Å². The van der Waals surface area contributed by atoms with Crippen LogP contribution >= 0.6 is 15.9 Å². The number of rotatable bonds is 3. The summed E-state index contributed by atoms with van der Waals surface area (Å²) in [5.74, 6) is -0.609. The second kappa shape index (κ2) is 6.65. The van der Waals surface area contributed by atoms with Crippen LogP contribution in [0.25, 0.3) is 0 Å². The molecule has 1 aliphatic rings. The van der Waals surface area contributed by atoms with Crippen molar-refractivity contribution in [1.29, 1.82) is 0 Å². The number of benzene rings is 1. The second-order valence-electron chi connectivity index (χ2n) is 4.73. The van der Waals surface area contributed by atoms with Crippen molar-refractivity contribution < 1.29 is 22.7 Å². The van der Waals surface area contributed by atoms with Crippen LogP contribution in [0, 0.1) is 5.92 Å². The number of amides is 1. The Kier molecular flexibility index (Phi) is 5.10. The maximum absolute atomic E-state index is 12.2. The number of hydrogen-bond donors (Lipinski definition) is 2. The number of halogens is 4. The lowest BCUT2D eigenvalue weighted by atomic mass is 9.99. The molecule has 0 saturated carbocycles. The van der Waals surface area contributed by atoms with Crippen LogP contribution < -0.4 is 15.4 Å². The summed E-state index contributed by atoms with van der Waals surface area (Å²) in [5, 5.41) is 5.83. The third-order valence-corrected chi connectivity index (χ3v) is 3.71. The standard InChI is InChI=1S/C13H14BrF3N2O2/c14-10-6-9(3-4-11(10)21-13(15,16)17)19-12(20)8-2-1-5-18-7-8/h3-4,6,8,18H,1-2,5,7H2,(H,19,20)/t8-/m1/s1. The quantitative estimate of drug-likeness (QED) is 0.862. The number of nitrogens with one attached hydrogen (secondary N) is 2. The van der Waals surface area contributed by atoms with Crippen LogP contribution in [-0.2, 0) is 4.79 Å². The van der Waals surface area contributed by atoms with Crippen LogP contribution in [0.15, 0.2) is 22.7 Å². The van der Waals surface area contributed by atoms with Gasteiger partial charge in [-0.3, -0.25) is 4.79 Å². The molecule has 21 heavy (non-hydrogen) atoms. The van der Waals surface area contributed by atoms with Crippen molar-refractivity contribution in [3.05, 3.63) is 22.7 Å². The number of piperidine rings is 1. The van der Waals surface area contributed by atoms with Crippen molar-refractivity contribution >= 4 is 27.5 Å². The Bertz CT molecular complexity index is 517. The molecule has 1 heterocycles. The summed E-state index contributed by atoms with van der Waals surface area (Å²) in [6.07, 6.45) is -3.02. The Morgan fingerprint density at radius 3 is 2.76 bits per heavy atom. The summed E-state index contributed by atoms with van der Waals surface area (Å²) in [7, 11) is 0.